The van der Waals surface area contributed by atoms with E-state index >= 15 is 0 Å². The van der Waals surface area contributed by atoms with Gasteiger partial charge in [0.05, 0.1) is 14.2 Å². The standard InChI is InChI=1S/C13H17NO2/c1-4-11-10-8-13(16-3)12(15-2)7-9(10)5-6-14-11/h7-8H,4-6H2,1-3H3. The topological polar surface area (TPSA) is 30.8 Å². The second-order valence-electron chi connectivity index (χ2n) is 3.80. The molecule has 3 heteroatoms. The predicted octanol–water partition coefficient (Wildman–Crippen LogP) is 2.46. The van der Waals surface area contributed by atoms with Gasteiger partial charge in [-0.25, -0.2) is 0 Å². The highest BCUT2D eigenvalue weighted by Gasteiger charge is 2.16. The molecule has 16 heavy (non-hydrogen) atoms. The van der Waals surface area contributed by atoms with Crippen LogP contribution in [-0.4, -0.2) is 26.5 Å². The van der Waals surface area contributed by atoms with Gasteiger partial charge in [-0.3, -0.25) is 4.99 Å². The summed E-state index contributed by atoms with van der Waals surface area (Å²) >= 11 is 0. The van der Waals surface area contributed by atoms with E-state index in [0.29, 0.717) is 0 Å². The van der Waals surface area contributed by atoms with E-state index in [1.807, 2.05) is 6.07 Å². The number of ether oxygens (including phenoxy) is 2. The van der Waals surface area contributed by atoms with Crippen LogP contribution < -0.4 is 9.47 Å². The highest BCUT2D eigenvalue weighted by atomic mass is 16.5. The van der Waals surface area contributed by atoms with Crippen LogP contribution in [0.2, 0.25) is 0 Å². The minimum absolute atomic E-state index is 0.782. The molecule has 2 rings (SSSR count). The fourth-order valence-electron chi connectivity index (χ4n) is 2.10. The van der Waals surface area contributed by atoms with Crippen LogP contribution in [0.15, 0.2) is 17.1 Å². The van der Waals surface area contributed by atoms with E-state index in [9.17, 15) is 0 Å². The normalized spacial score (nSPS) is 14.1. The number of methoxy groups -OCH3 is 2. The van der Waals surface area contributed by atoms with Crippen molar-refractivity contribution >= 4 is 5.71 Å². The highest BCUT2D eigenvalue weighted by molar-refractivity contribution is 6.03. The number of nitrogens with zero attached hydrogens (tertiary/aromatic N) is 1. The van der Waals surface area contributed by atoms with Gasteiger partial charge in [0, 0.05) is 17.8 Å². The third-order valence-corrected chi connectivity index (χ3v) is 2.94. The lowest BCUT2D eigenvalue weighted by molar-refractivity contribution is 0.354. The van der Waals surface area contributed by atoms with Gasteiger partial charge in [-0.15, -0.1) is 0 Å². The first-order chi connectivity index (χ1) is 7.80. The summed E-state index contributed by atoms with van der Waals surface area (Å²) in [5.41, 5.74) is 3.69. The Balaban J connectivity index is 2.52. The van der Waals surface area contributed by atoms with Crippen molar-refractivity contribution < 1.29 is 9.47 Å². The zero-order chi connectivity index (χ0) is 11.5. The number of hydrogen-bond donors (Lipinski definition) is 0. The Bertz CT molecular complexity index is 424. The molecule has 0 unspecified atom stereocenters. The van der Waals surface area contributed by atoms with Crippen molar-refractivity contribution in [2.75, 3.05) is 20.8 Å². The van der Waals surface area contributed by atoms with Gasteiger partial charge in [-0.1, -0.05) is 6.92 Å². The zero-order valence-electron chi connectivity index (χ0n) is 10.0. The third kappa shape index (κ3) is 1.77. The van der Waals surface area contributed by atoms with Crippen LogP contribution in [-0.2, 0) is 6.42 Å². The maximum Gasteiger partial charge on any atom is 0.161 e. The average molecular weight is 219 g/mol. The van der Waals surface area contributed by atoms with Gasteiger partial charge in [-0.05, 0) is 30.5 Å². The minimum Gasteiger partial charge on any atom is -0.493 e. The molecular formula is C13H17NO2. The number of aliphatic imine (C=N–C) groups is 1. The summed E-state index contributed by atoms with van der Waals surface area (Å²) in [5, 5.41) is 0. The maximum absolute atomic E-state index is 5.32. The fourth-order valence-corrected chi connectivity index (χ4v) is 2.10. The summed E-state index contributed by atoms with van der Waals surface area (Å²) in [4.78, 5) is 4.54. The maximum atomic E-state index is 5.32. The first-order valence-electron chi connectivity index (χ1n) is 5.58. The van der Waals surface area contributed by atoms with Gasteiger partial charge in [0.25, 0.3) is 0 Å². The molecule has 86 valence electrons. The third-order valence-electron chi connectivity index (χ3n) is 2.94. The van der Waals surface area contributed by atoms with Crippen molar-refractivity contribution in [1.82, 2.24) is 0 Å². The number of hydrogen-bond acceptors (Lipinski definition) is 3. The quantitative estimate of drug-likeness (QED) is 0.781. The molecule has 0 bridgehead atoms. The van der Waals surface area contributed by atoms with Crippen molar-refractivity contribution in [2.45, 2.75) is 19.8 Å². The van der Waals surface area contributed by atoms with Gasteiger partial charge in [-0.2, -0.15) is 0 Å². The molecule has 1 aromatic carbocycles. The van der Waals surface area contributed by atoms with E-state index in [-0.39, 0.29) is 0 Å². The van der Waals surface area contributed by atoms with Crippen molar-refractivity contribution in [3.63, 3.8) is 0 Å². The molecule has 0 fully saturated rings. The molecule has 0 radical (unpaired) electrons. The van der Waals surface area contributed by atoms with Gasteiger partial charge >= 0.3 is 0 Å². The monoisotopic (exact) mass is 219 g/mol. The molecule has 1 aliphatic rings. The Kier molecular flexibility index (Phi) is 3.13. The van der Waals surface area contributed by atoms with E-state index in [0.717, 1.165) is 30.9 Å². The van der Waals surface area contributed by atoms with Crippen molar-refractivity contribution in [2.24, 2.45) is 4.99 Å². The summed E-state index contributed by atoms with van der Waals surface area (Å²) in [5.74, 6) is 1.59. The van der Waals surface area contributed by atoms with Crippen molar-refractivity contribution in [1.29, 1.82) is 0 Å². The van der Waals surface area contributed by atoms with Crippen LogP contribution in [0.25, 0.3) is 0 Å². The van der Waals surface area contributed by atoms with E-state index < -0.39 is 0 Å². The Morgan fingerprint density at radius 3 is 2.50 bits per heavy atom. The molecule has 3 nitrogen and oxygen atoms in total. The molecule has 1 aromatic rings. The number of rotatable bonds is 3. The van der Waals surface area contributed by atoms with Crippen LogP contribution in [0, 0.1) is 0 Å². The van der Waals surface area contributed by atoms with Crippen LogP contribution in [0.5, 0.6) is 11.5 Å². The van der Waals surface area contributed by atoms with Crippen LogP contribution >= 0.6 is 0 Å². The van der Waals surface area contributed by atoms with Gasteiger partial charge < -0.3 is 9.47 Å². The lowest BCUT2D eigenvalue weighted by Gasteiger charge is -2.18. The second kappa shape index (κ2) is 4.56. The largest absolute Gasteiger partial charge is 0.493 e. The molecule has 1 aliphatic heterocycles. The van der Waals surface area contributed by atoms with Gasteiger partial charge in [0.2, 0.25) is 0 Å². The van der Waals surface area contributed by atoms with E-state index in [4.69, 9.17) is 9.47 Å². The van der Waals surface area contributed by atoms with Crippen molar-refractivity contribution in [3.8, 4) is 11.5 Å². The van der Waals surface area contributed by atoms with Gasteiger partial charge in [0.15, 0.2) is 11.5 Å². The first-order valence-corrected chi connectivity index (χ1v) is 5.58. The van der Waals surface area contributed by atoms with E-state index in [1.54, 1.807) is 14.2 Å². The summed E-state index contributed by atoms with van der Waals surface area (Å²) in [7, 11) is 3.33. The smallest absolute Gasteiger partial charge is 0.161 e. The summed E-state index contributed by atoms with van der Waals surface area (Å²) in [6, 6.07) is 4.11. The molecule has 1 heterocycles. The molecular weight excluding hydrogens is 202 g/mol. The molecule has 0 aliphatic carbocycles. The Morgan fingerprint density at radius 2 is 1.88 bits per heavy atom. The highest BCUT2D eigenvalue weighted by Crippen LogP contribution is 2.32. The minimum atomic E-state index is 0.782. The molecule has 0 N–H and O–H groups in total. The molecule has 0 saturated carbocycles. The number of benzene rings is 1. The van der Waals surface area contributed by atoms with Crippen molar-refractivity contribution in [3.05, 3.63) is 23.3 Å². The summed E-state index contributed by atoms with van der Waals surface area (Å²) < 4.78 is 10.6. The number of fused-ring (bicyclic) bond motifs is 1. The summed E-state index contributed by atoms with van der Waals surface area (Å²) in [6.07, 6.45) is 1.95. The SMILES string of the molecule is CCC1=NCCc2cc(OC)c(OC)cc21. The fraction of sp³-hybridized carbons (Fsp3) is 0.462. The van der Waals surface area contributed by atoms with Crippen LogP contribution in [0.3, 0.4) is 0 Å². The van der Waals surface area contributed by atoms with Gasteiger partial charge in [0.1, 0.15) is 0 Å². The Morgan fingerprint density at radius 1 is 1.19 bits per heavy atom. The first kappa shape index (κ1) is 11.0. The predicted molar refractivity (Wildman–Crippen MR) is 64.9 cm³/mol. The second-order valence-corrected chi connectivity index (χ2v) is 3.80. The molecule has 0 spiro atoms. The Hall–Kier alpha value is -1.51. The molecule has 0 amide bonds. The van der Waals surface area contributed by atoms with Crippen LogP contribution in [0.1, 0.15) is 24.5 Å². The zero-order valence-corrected chi connectivity index (χ0v) is 10.0. The van der Waals surface area contributed by atoms with E-state index in [2.05, 4.69) is 18.0 Å². The molecule has 0 saturated heterocycles. The lowest BCUT2D eigenvalue weighted by atomic mass is 9.95. The molecule has 0 atom stereocenters. The van der Waals surface area contributed by atoms with E-state index in [1.165, 1.54) is 16.8 Å². The lowest BCUT2D eigenvalue weighted by Crippen LogP contribution is -2.12. The summed E-state index contributed by atoms with van der Waals surface area (Å²) in [6.45, 7) is 3.01. The molecule has 0 aromatic heterocycles. The Labute approximate surface area is 96.1 Å². The average Bonchev–Trinajstić information content (AvgIpc) is 2.36. The van der Waals surface area contributed by atoms with Crippen LogP contribution in [0.4, 0.5) is 0 Å².